The Balaban J connectivity index is 1.63. The van der Waals surface area contributed by atoms with Gasteiger partial charge in [-0.3, -0.25) is 9.59 Å². The maximum absolute atomic E-state index is 14.0. The standard InChI is InChI=1S/C36H45NO4/c1-8-15-37-26-18-35(4,5)20-28(38)33(26)32(34-27(37)19-36(6,7)21-29(34)39)25-13-14-30(31(17-25)40-9-2)41-22-24-12-10-11-23(3)16-24/h10-14,16-17,32H,8-9,15,18-22H2,1-7H3. The Morgan fingerprint density at radius 1 is 0.805 bits per heavy atom. The van der Waals surface area contributed by atoms with Crippen molar-refractivity contribution in [2.45, 2.75) is 93.1 Å². The van der Waals surface area contributed by atoms with Gasteiger partial charge in [-0.25, -0.2) is 0 Å². The summed E-state index contributed by atoms with van der Waals surface area (Å²) in [5, 5.41) is 0. The van der Waals surface area contributed by atoms with E-state index in [9.17, 15) is 9.59 Å². The molecule has 0 saturated heterocycles. The number of nitrogens with zero attached hydrogens (tertiary/aromatic N) is 1. The second kappa shape index (κ2) is 11.2. The zero-order valence-electron chi connectivity index (χ0n) is 25.9. The fourth-order valence-corrected chi connectivity index (χ4v) is 6.93. The average molecular weight is 556 g/mol. The van der Waals surface area contributed by atoms with Gasteiger partial charge in [-0.2, -0.15) is 0 Å². The summed E-state index contributed by atoms with van der Waals surface area (Å²) >= 11 is 0. The SMILES string of the molecule is CCCN1C2=C(C(=O)CC(C)(C)C2)C(c2ccc(OCc3cccc(C)c3)c(OCC)c2)C2=C1CC(C)(C)CC2=O. The first-order chi connectivity index (χ1) is 19.4. The molecule has 1 aliphatic heterocycles. The van der Waals surface area contributed by atoms with E-state index in [-0.39, 0.29) is 28.3 Å². The van der Waals surface area contributed by atoms with E-state index in [2.05, 4.69) is 64.6 Å². The lowest BCUT2D eigenvalue weighted by Crippen LogP contribution is -2.44. The first kappa shape index (κ1) is 29.2. The van der Waals surface area contributed by atoms with Crippen molar-refractivity contribution in [3.8, 4) is 11.5 Å². The molecule has 0 atom stereocenters. The highest BCUT2D eigenvalue weighted by molar-refractivity contribution is 6.06. The maximum atomic E-state index is 14.0. The lowest BCUT2D eigenvalue weighted by Gasteiger charge is -2.49. The Morgan fingerprint density at radius 2 is 1.44 bits per heavy atom. The molecule has 2 aromatic carbocycles. The smallest absolute Gasteiger partial charge is 0.162 e. The topological polar surface area (TPSA) is 55.8 Å². The fraction of sp³-hybridized carbons (Fsp3) is 0.500. The van der Waals surface area contributed by atoms with Crippen molar-refractivity contribution < 1.29 is 19.1 Å². The molecule has 2 aliphatic carbocycles. The molecule has 0 fully saturated rings. The van der Waals surface area contributed by atoms with Crippen LogP contribution in [0.1, 0.15) is 96.3 Å². The molecule has 5 rings (SSSR count). The number of aryl methyl sites for hydroxylation is 1. The Kier molecular flexibility index (Phi) is 7.93. The van der Waals surface area contributed by atoms with Gasteiger partial charge in [0.15, 0.2) is 23.1 Å². The Labute approximate surface area is 245 Å². The fourth-order valence-electron chi connectivity index (χ4n) is 6.93. The number of rotatable bonds is 8. The molecule has 41 heavy (non-hydrogen) atoms. The third kappa shape index (κ3) is 5.86. The van der Waals surface area contributed by atoms with Crippen molar-refractivity contribution in [3.05, 3.63) is 81.7 Å². The molecule has 0 bridgehead atoms. The summed E-state index contributed by atoms with van der Waals surface area (Å²) in [7, 11) is 0. The van der Waals surface area contributed by atoms with Gasteiger partial charge in [-0.15, -0.1) is 0 Å². The Bertz CT molecular complexity index is 1370. The summed E-state index contributed by atoms with van der Waals surface area (Å²) < 4.78 is 12.3. The summed E-state index contributed by atoms with van der Waals surface area (Å²) in [6.45, 7) is 16.7. The quantitative estimate of drug-likeness (QED) is 0.330. The molecule has 5 nitrogen and oxygen atoms in total. The molecule has 3 aliphatic rings. The highest BCUT2D eigenvalue weighted by Gasteiger charge is 2.48. The van der Waals surface area contributed by atoms with Crippen LogP contribution in [-0.4, -0.2) is 29.6 Å². The first-order valence-electron chi connectivity index (χ1n) is 15.2. The third-order valence-corrected chi connectivity index (χ3v) is 8.55. The minimum Gasteiger partial charge on any atom is -0.490 e. The van der Waals surface area contributed by atoms with Crippen LogP contribution < -0.4 is 9.47 Å². The first-order valence-corrected chi connectivity index (χ1v) is 15.2. The number of allylic oxidation sites excluding steroid dienone is 4. The van der Waals surface area contributed by atoms with E-state index < -0.39 is 0 Å². The molecule has 1 heterocycles. The minimum absolute atomic E-state index is 0.122. The van der Waals surface area contributed by atoms with Gasteiger partial charge < -0.3 is 14.4 Å². The van der Waals surface area contributed by atoms with Crippen LogP contribution in [0.15, 0.2) is 65.0 Å². The van der Waals surface area contributed by atoms with Gasteiger partial charge in [0.25, 0.3) is 0 Å². The Hall–Kier alpha value is -3.34. The van der Waals surface area contributed by atoms with E-state index in [1.807, 2.05) is 31.2 Å². The molecular weight excluding hydrogens is 510 g/mol. The number of benzene rings is 2. The summed E-state index contributed by atoms with van der Waals surface area (Å²) in [4.78, 5) is 30.3. The van der Waals surface area contributed by atoms with E-state index in [0.717, 1.165) is 59.5 Å². The van der Waals surface area contributed by atoms with E-state index in [1.165, 1.54) is 5.56 Å². The van der Waals surface area contributed by atoms with Gasteiger partial charge >= 0.3 is 0 Å². The lowest BCUT2D eigenvalue weighted by atomic mass is 9.63. The Morgan fingerprint density at radius 3 is 2.00 bits per heavy atom. The van der Waals surface area contributed by atoms with E-state index in [1.54, 1.807) is 0 Å². The second-order valence-corrected chi connectivity index (χ2v) is 13.6. The zero-order valence-corrected chi connectivity index (χ0v) is 25.9. The summed E-state index contributed by atoms with van der Waals surface area (Å²) in [6.07, 6.45) is 3.57. The van der Waals surface area contributed by atoms with Crippen LogP contribution in [0.5, 0.6) is 11.5 Å². The molecule has 0 radical (unpaired) electrons. The van der Waals surface area contributed by atoms with Gasteiger partial charge in [0.1, 0.15) is 6.61 Å². The van der Waals surface area contributed by atoms with Gasteiger partial charge in [0.05, 0.1) is 6.61 Å². The number of Topliss-reactive ketones (excluding diaryl/α,β-unsaturated/α-hetero) is 2. The average Bonchev–Trinajstić information content (AvgIpc) is 2.87. The van der Waals surface area contributed by atoms with Gasteiger partial charge in [-0.05, 0) is 67.2 Å². The van der Waals surface area contributed by atoms with Crippen LogP contribution in [0.4, 0.5) is 0 Å². The van der Waals surface area contributed by atoms with Crippen molar-refractivity contribution in [1.82, 2.24) is 4.90 Å². The zero-order chi connectivity index (χ0) is 29.5. The number of carbonyl (C=O) groups is 2. The monoisotopic (exact) mass is 555 g/mol. The van der Waals surface area contributed by atoms with Gasteiger partial charge in [-0.1, -0.05) is 70.5 Å². The van der Waals surface area contributed by atoms with Crippen LogP contribution in [0.3, 0.4) is 0 Å². The van der Waals surface area contributed by atoms with Gasteiger partial charge in [0, 0.05) is 47.8 Å². The van der Waals surface area contributed by atoms with Crippen molar-refractivity contribution in [2.75, 3.05) is 13.2 Å². The van der Waals surface area contributed by atoms with Crippen LogP contribution in [0.25, 0.3) is 0 Å². The third-order valence-electron chi connectivity index (χ3n) is 8.55. The summed E-state index contributed by atoms with van der Waals surface area (Å²) in [6, 6.07) is 14.3. The van der Waals surface area contributed by atoms with E-state index in [4.69, 9.17) is 9.47 Å². The molecule has 0 aromatic heterocycles. The molecule has 5 heteroatoms. The largest absolute Gasteiger partial charge is 0.490 e. The normalized spacial score (nSPS) is 20.2. The molecule has 218 valence electrons. The van der Waals surface area contributed by atoms with Gasteiger partial charge in [0.2, 0.25) is 0 Å². The maximum Gasteiger partial charge on any atom is 0.162 e. The van der Waals surface area contributed by atoms with Crippen LogP contribution in [0, 0.1) is 17.8 Å². The summed E-state index contributed by atoms with van der Waals surface area (Å²) in [5.41, 5.74) is 6.80. The van der Waals surface area contributed by atoms with Crippen molar-refractivity contribution in [3.63, 3.8) is 0 Å². The molecule has 2 aromatic rings. The molecule has 0 amide bonds. The molecule has 0 unspecified atom stereocenters. The van der Waals surface area contributed by atoms with Crippen molar-refractivity contribution >= 4 is 11.6 Å². The highest BCUT2D eigenvalue weighted by Crippen LogP contribution is 2.55. The van der Waals surface area contributed by atoms with E-state index >= 15 is 0 Å². The van der Waals surface area contributed by atoms with Crippen LogP contribution in [-0.2, 0) is 16.2 Å². The number of ether oxygens (including phenoxy) is 2. The molecule has 0 spiro atoms. The van der Waals surface area contributed by atoms with Crippen molar-refractivity contribution in [2.24, 2.45) is 10.8 Å². The second-order valence-electron chi connectivity index (χ2n) is 13.6. The highest BCUT2D eigenvalue weighted by atomic mass is 16.5. The van der Waals surface area contributed by atoms with E-state index in [0.29, 0.717) is 37.6 Å². The molecule has 0 N–H and O–H groups in total. The molecule has 0 saturated carbocycles. The number of ketones is 2. The van der Waals surface area contributed by atoms with Crippen LogP contribution >= 0.6 is 0 Å². The summed E-state index contributed by atoms with van der Waals surface area (Å²) in [5.74, 6) is 1.24. The number of hydrogen-bond acceptors (Lipinski definition) is 5. The number of carbonyl (C=O) groups excluding carboxylic acids is 2. The minimum atomic E-state index is -0.384. The molecular formula is C36H45NO4. The van der Waals surface area contributed by atoms with Crippen LogP contribution in [0.2, 0.25) is 0 Å². The lowest BCUT2D eigenvalue weighted by molar-refractivity contribution is -0.119. The predicted octanol–water partition coefficient (Wildman–Crippen LogP) is 8.07. The number of hydrogen-bond donors (Lipinski definition) is 0. The van der Waals surface area contributed by atoms with Crippen molar-refractivity contribution in [1.29, 1.82) is 0 Å². The predicted molar refractivity (Wildman–Crippen MR) is 163 cm³/mol.